The van der Waals surface area contributed by atoms with Crippen molar-refractivity contribution in [2.75, 3.05) is 19.6 Å². The lowest BCUT2D eigenvalue weighted by molar-refractivity contribution is 0.290. The van der Waals surface area contributed by atoms with E-state index < -0.39 is 0 Å². The maximum absolute atomic E-state index is 3.35. The van der Waals surface area contributed by atoms with Crippen LogP contribution in [0.3, 0.4) is 0 Å². The van der Waals surface area contributed by atoms with Crippen molar-refractivity contribution in [2.24, 2.45) is 0 Å². The topological polar surface area (TPSA) is 15.3 Å². The predicted octanol–water partition coefficient (Wildman–Crippen LogP) is 2.56. The highest BCUT2D eigenvalue weighted by molar-refractivity contribution is 5.22. The molecule has 0 bridgehead atoms. The lowest BCUT2D eigenvalue weighted by Crippen LogP contribution is -2.26. The zero-order valence-corrected chi connectivity index (χ0v) is 10.7. The van der Waals surface area contributed by atoms with Crippen LogP contribution in [0.5, 0.6) is 0 Å². The van der Waals surface area contributed by atoms with Crippen LogP contribution in [0, 0.1) is 0 Å². The average Bonchev–Trinajstić information content (AvgIpc) is 2.39. The minimum Gasteiger partial charge on any atom is -0.313 e. The molecule has 1 aromatic rings. The minimum absolute atomic E-state index is 0.975. The number of rotatable bonds is 5. The Morgan fingerprint density at radius 3 is 2.53 bits per heavy atom. The third kappa shape index (κ3) is 3.99. The maximum Gasteiger partial charge on any atom is 0.0237 e. The van der Waals surface area contributed by atoms with Crippen molar-refractivity contribution >= 4 is 0 Å². The second-order valence-electron chi connectivity index (χ2n) is 4.59. The summed E-state index contributed by atoms with van der Waals surface area (Å²) in [6.45, 7) is 7.50. The number of nitrogens with one attached hydrogen (secondary N) is 1. The second kappa shape index (κ2) is 6.58. The largest absolute Gasteiger partial charge is 0.313 e. The van der Waals surface area contributed by atoms with Crippen LogP contribution in [0.2, 0.25) is 0 Å². The summed E-state index contributed by atoms with van der Waals surface area (Å²) < 4.78 is 0. The van der Waals surface area contributed by atoms with Crippen LogP contribution < -0.4 is 5.32 Å². The van der Waals surface area contributed by atoms with Crippen molar-refractivity contribution < 1.29 is 0 Å². The van der Waals surface area contributed by atoms with Gasteiger partial charge in [-0.25, -0.2) is 0 Å². The van der Waals surface area contributed by atoms with Gasteiger partial charge in [0.05, 0.1) is 0 Å². The van der Waals surface area contributed by atoms with Gasteiger partial charge in [0.15, 0.2) is 0 Å². The lowest BCUT2D eigenvalue weighted by Gasteiger charge is -2.23. The highest BCUT2D eigenvalue weighted by Crippen LogP contribution is 2.10. The van der Waals surface area contributed by atoms with Crippen LogP contribution in [0.4, 0.5) is 0 Å². The molecule has 92 valence electrons. The molecule has 17 heavy (non-hydrogen) atoms. The van der Waals surface area contributed by atoms with Crippen molar-refractivity contribution in [1.29, 1.82) is 0 Å². The van der Waals surface area contributed by atoms with E-state index >= 15 is 0 Å². The molecule has 0 radical (unpaired) electrons. The van der Waals surface area contributed by atoms with E-state index in [4.69, 9.17) is 0 Å². The summed E-state index contributed by atoms with van der Waals surface area (Å²) in [6, 6.07) is 8.98. The Hall–Kier alpha value is -1.12. The standard InChI is InChI=1S/C15H22N2/c1-2-16-12-14-6-8-15(9-7-14)13-17-10-4-3-5-11-17/h3-4,6-9,16H,2,5,10-13H2,1H3. The van der Waals surface area contributed by atoms with Crippen LogP contribution >= 0.6 is 0 Å². The van der Waals surface area contributed by atoms with Gasteiger partial charge in [0.2, 0.25) is 0 Å². The van der Waals surface area contributed by atoms with Crippen molar-refractivity contribution in [3.63, 3.8) is 0 Å². The number of hydrogen-bond acceptors (Lipinski definition) is 2. The van der Waals surface area contributed by atoms with Gasteiger partial charge in [0.1, 0.15) is 0 Å². The fraction of sp³-hybridized carbons (Fsp3) is 0.467. The Kier molecular flexibility index (Phi) is 4.77. The molecule has 0 saturated carbocycles. The summed E-state index contributed by atoms with van der Waals surface area (Å²) in [5.41, 5.74) is 2.79. The Morgan fingerprint density at radius 2 is 1.88 bits per heavy atom. The molecule has 0 aromatic heterocycles. The highest BCUT2D eigenvalue weighted by atomic mass is 15.1. The zero-order chi connectivity index (χ0) is 11.9. The first-order valence-corrected chi connectivity index (χ1v) is 6.54. The molecule has 0 atom stereocenters. The van der Waals surface area contributed by atoms with Gasteiger partial charge in [0, 0.05) is 26.2 Å². The van der Waals surface area contributed by atoms with Gasteiger partial charge in [0.25, 0.3) is 0 Å². The monoisotopic (exact) mass is 230 g/mol. The molecule has 1 aromatic carbocycles. The zero-order valence-electron chi connectivity index (χ0n) is 10.7. The van der Waals surface area contributed by atoms with Crippen LogP contribution in [-0.2, 0) is 13.1 Å². The third-order valence-corrected chi connectivity index (χ3v) is 3.15. The summed E-state index contributed by atoms with van der Waals surface area (Å²) >= 11 is 0. The first-order chi connectivity index (χ1) is 8.38. The molecule has 1 N–H and O–H groups in total. The Bertz CT molecular complexity index is 354. The number of benzene rings is 1. The van der Waals surface area contributed by atoms with Gasteiger partial charge in [-0.1, -0.05) is 43.3 Å². The molecule has 2 heteroatoms. The number of nitrogens with zero attached hydrogens (tertiary/aromatic N) is 1. The van der Waals surface area contributed by atoms with Gasteiger partial charge in [-0.15, -0.1) is 0 Å². The molecule has 0 saturated heterocycles. The van der Waals surface area contributed by atoms with Crippen LogP contribution in [0.25, 0.3) is 0 Å². The van der Waals surface area contributed by atoms with E-state index in [0.717, 1.165) is 26.2 Å². The fourth-order valence-corrected chi connectivity index (χ4v) is 2.12. The first-order valence-electron chi connectivity index (χ1n) is 6.54. The van der Waals surface area contributed by atoms with Crippen molar-refractivity contribution in [1.82, 2.24) is 10.2 Å². The van der Waals surface area contributed by atoms with E-state index in [0.29, 0.717) is 0 Å². The van der Waals surface area contributed by atoms with E-state index in [1.165, 1.54) is 24.1 Å². The quantitative estimate of drug-likeness (QED) is 0.782. The Balaban J connectivity index is 1.86. The van der Waals surface area contributed by atoms with Crippen LogP contribution in [0.1, 0.15) is 24.5 Å². The van der Waals surface area contributed by atoms with Crippen molar-refractivity contribution in [3.8, 4) is 0 Å². The normalized spacial score (nSPS) is 16.3. The van der Waals surface area contributed by atoms with E-state index in [-0.39, 0.29) is 0 Å². The van der Waals surface area contributed by atoms with Gasteiger partial charge >= 0.3 is 0 Å². The van der Waals surface area contributed by atoms with Gasteiger partial charge in [-0.05, 0) is 24.1 Å². The van der Waals surface area contributed by atoms with Gasteiger partial charge < -0.3 is 5.32 Å². The fourth-order valence-electron chi connectivity index (χ4n) is 2.12. The molecule has 0 amide bonds. The molecule has 1 heterocycles. The van der Waals surface area contributed by atoms with E-state index in [1.54, 1.807) is 0 Å². The average molecular weight is 230 g/mol. The summed E-state index contributed by atoms with van der Waals surface area (Å²) in [5, 5.41) is 3.35. The van der Waals surface area contributed by atoms with Gasteiger partial charge in [-0.2, -0.15) is 0 Å². The van der Waals surface area contributed by atoms with E-state index in [9.17, 15) is 0 Å². The molecule has 0 spiro atoms. The Morgan fingerprint density at radius 1 is 1.12 bits per heavy atom. The molecule has 2 rings (SSSR count). The van der Waals surface area contributed by atoms with Crippen LogP contribution in [-0.4, -0.2) is 24.5 Å². The number of hydrogen-bond donors (Lipinski definition) is 1. The molecule has 1 aliphatic heterocycles. The summed E-state index contributed by atoms with van der Waals surface area (Å²) in [7, 11) is 0. The second-order valence-corrected chi connectivity index (χ2v) is 4.59. The highest BCUT2D eigenvalue weighted by Gasteiger charge is 2.06. The minimum atomic E-state index is 0.975. The molecular weight excluding hydrogens is 208 g/mol. The Labute approximate surface area is 104 Å². The molecule has 2 nitrogen and oxygen atoms in total. The smallest absolute Gasteiger partial charge is 0.0237 e. The van der Waals surface area contributed by atoms with Gasteiger partial charge in [-0.3, -0.25) is 4.90 Å². The molecular formula is C15H22N2. The molecule has 1 aliphatic rings. The summed E-state index contributed by atoms with van der Waals surface area (Å²) in [6.07, 6.45) is 5.73. The SMILES string of the molecule is CCNCc1ccc(CN2CC=CCC2)cc1. The van der Waals surface area contributed by atoms with Crippen LogP contribution in [0.15, 0.2) is 36.4 Å². The summed E-state index contributed by atoms with van der Waals surface area (Å²) in [4.78, 5) is 2.49. The molecule has 0 fully saturated rings. The van der Waals surface area contributed by atoms with Crippen molar-refractivity contribution in [2.45, 2.75) is 26.4 Å². The maximum atomic E-state index is 3.35. The lowest BCUT2D eigenvalue weighted by atomic mass is 10.1. The molecule has 0 unspecified atom stereocenters. The van der Waals surface area contributed by atoms with E-state index in [1.807, 2.05) is 0 Å². The van der Waals surface area contributed by atoms with E-state index in [2.05, 4.69) is 53.6 Å². The third-order valence-electron chi connectivity index (χ3n) is 3.15. The first kappa shape index (κ1) is 12.3. The molecule has 0 aliphatic carbocycles. The van der Waals surface area contributed by atoms with Crippen molar-refractivity contribution in [3.05, 3.63) is 47.5 Å². The predicted molar refractivity (Wildman–Crippen MR) is 72.9 cm³/mol. The summed E-state index contributed by atoms with van der Waals surface area (Å²) in [5.74, 6) is 0.